The van der Waals surface area contributed by atoms with Crippen molar-refractivity contribution in [1.29, 1.82) is 0 Å². The van der Waals surface area contributed by atoms with Gasteiger partial charge in [0.1, 0.15) is 0 Å². The van der Waals surface area contributed by atoms with E-state index in [0.29, 0.717) is 0 Å². The predicted octanol–water partition coefficient (Wildman–Crippen LogP) is 4.77. The van der Waals surface area contributed by atoms with Crippen LogP contribution in [0.2, 0.25) is 13.1 Å². The van der Waals surface area contributed by atoms with Gasteiger partial charge < -0.3 is 24.8 Å². The van der Waals surface area contributed by atoms with E-state index in [1.54, 1.807) is 23.3 Å². The van der Waals surface area contributed by atoms with Crippen molar-refractivity contribution in [2.45, 2.75) is 13.1 Å². The fraction of sp³-hybridized carbons (Fsp3) is 0.0625. The van der Waals surface area contributed by atoms with Gasteiger partial charge in [0.05, 0.1) is 0 Å². The first kappa shape index (κ1) is 32.9. The van der Waals surface area contributed by atoms with Crippen molar-refractivity contribution < 1.29 is 48.1 Å². The zero-order valence-corrected chi connectivity index (χ0v) is 29.2. The summed E-state index contributed by atoms with van der Waals surface area (Å²) in [7, 11) is 0. The fourth-order valence-corrected chi connectivity index (χ4v) is 4.98. The van der Waals surface area contributed by atoms with E-state index in [2.05, 4.69) is 154 Å². The van der Waals surface area contributed by atoms with Crippen LogP contribution in [-0.4, -0.2) is 5.43 Å². The fourth-order valence-electron chi connectivity index (χ4n) is 3.99. The maximum absolute atomic E-state index is 3.58. The molecule has 6 aromatic carbocycles. The van der Waals surface area contributed by atoms with Crippen LogP contribution in [0.5, 0.6) is 0 Å². The van der Waals surface area contributed by atoms with Crippen molar-refractivity contribution in [2.75, 3.05) is 0 Å². The molecule has 0 heterocycles. The van der Waals surface area contributed by atoms with Gasteiger partial charge in [-0.3, -0.25) is 0 Å². The Labute approximate surface area is 270 Å². The van der Waals surface area contributed by atoms with Crippen LogP contribution in [0.4, 0.5) is 0 Å². The molecule has 0 atom stereocenters. The summed E-state index contributed by atoms with van der Waals surface area (Å²) in [6.07, 6.45) is 0. The molecule has 0 amide bonds. The molecule has 0 N–H and O–H groups in total. The summed E-state index contributed by atoms with van der Waals surface area (Å²) in [5.41, 5.74) is 5.31. The van der Waals surface area contributed by atoms with Crippen LogP contribution in [0.25, 0.3) is 43.8 Å². The average Bonchev–Trinajstić information content (AvgIpc) is 3.52. The van der Waals surface area contributed by atoms with Gasteiger partial charge in [0, 0.05) is 0 Å². The van der Waals surface area contributed by atoms with Crippen molar-refractivity contribution in [2.24, 2.45) is 0 Å². The minimum atomic E-state index is 0. The summed E-state index contributed by atoms with van der Waals surface area (Å²) in [5, 5.41) is 5.13. The number of fused-ring (bicyclic) bond motifs is 2. The standard InChI is InChI=1S/2C15H10Br.C2H6Si.2ClH.Zr/c2*16-15-8-4-7-12-9-13(10-14(12)15)11-5-2-1-3-6-11;1-3-2;;;/h2*1-10H;1-2H3;2*1H;/q2*-1;;;;+2/p-2. The Balaban J connectivity index is 0.000000224. The molecule has 192 valence electrons. The molecule has 0 aliphatic rings. The Morgan fingerprint density at radius 2 is 0.895 bits per heavy atom. The van der Waals surface area contributed by atoms with E-state index in [-0.39, 0.29) is 30.2 Å². The minimum Gasteiger partial charge on any atom is -1.00 e. The Morgan fingerprint density at radius 1 is 0.553 bits per heavy atom. The van der Waals surface area contributed by atoms with Crippen LogP contribution in [0.15, 0.2) is 130 Å². The second-order valence-corrected chi connectivity index (χ2v) is 19.8. The second-order valence-electron chi connectivity index (χ2n) is 8.71. The molecule has 0 spiro atoms. The molecule has 6 aromatic rings. The zero-order chi connectivity index (χ0) is 25.5. The Hall–Kier alpha value is -1.26. The minimum absolute atomic E-state index is 0. The summed E-state index contributed by atoms with van der Waals surface area (Å²) in [6.45, 7) is 4.62. The van der Waals surface area contributed by atoms with Crippen LogP contribution in [0, 0.1) is 0 Å². The maximum atomic E-state index is 3.58. The van der Waals surface area contributed by atoms with Gasteiger partial charge in [-0.05, 0) is 8.95 Å². The molecule has 0 aliphatic heterocycles. The SMILES string of the molecule is Brc1cccc2[cH-]c(-c3ccccc3)cc12.Brc1cccc2[cH-]c(-c3ccccc3)cc12.C[Si](C)=[Zr+2].[Cl-].[Cl-]. The average molecular weight is 761 g/mol. The molecule has 38 heavy (non-hydrogen) atoms. The van der Waals surface area contributed by atoms with E-state index in [1.165, 1.54) is 43.8 Å². The van der Waals surface area contributed by atoms with Crippen LogP contribution >= 0.6 is 31.9 Å². The van der Waals surface area contributed by atoms with E-state index in [9.17, 15) is 0 Å². The third kappa shape index (κ3) is 8.88. The van der Waals surface area contributed by atoms with E-state index in [0.717, 1.165) is 8.95 Å². The third-order valence-corrected chi connectivity index (χ3v) is 6.99. The molecule has 0 saturated heterocycles. The predicted molar refractivity (Wildman–Crippen MR) is 163 cm³/mol. The van der Waals surface area contributed by atoms with Gasteiger partial charge in [0.15, 0.2) is 0 Å². The van der Waals surface area contributed by atoms with Gasteiger partial charge in [-0.2, -0.15) is 0 Å². The number of hydrogen-bond donors (Lipinski definition) is 0. The van der Waals surface area contributed by atoms with Gasteiger partial charge in [-0.15, -0.1) is 69.1 Å². The Bertz CT molecular complexity index is 1470. The van der Waals surface area contributed by atoms with E-state index in [4.69, 9.17) is 0 Å². The van der Waals surface area contributed by atoms with Gasteiger partial charge in [-0.1, -0.05) is 128 Å². The van der Waals surface area contributed by atoms with Gasteiger partial charge in [-0.25, -0.2) is 0 Å². The molecule has 6 heteroatoms. The summed E-state index contributed by atoms with van der Waals surface area (Å²) < 4.78 is 2.32. The summed E-state index contributed by atoms with van der Waals surface area (Å²) in [5.74, 6) is 0. The first-order valence-electron chi connectivity index (χ1n) is 11.7. The number of hydrogen-bond acceptors (Lipinski definition) is 0. The van der Waals surface area contributed by atoms with Crippen molar-refractivity contribution in [1.82, 2.24) is 0 Å². The molecule has 0 bridgehead atoms. The molecule has 0 radical (unpaired) electrons. The molecule has 0 aromatic heterocycles. The quantitative estimate of drug-likeness (QED) is 0.177. The van der Waals surface area contributed by atoms with Gasteiger partial charge >= 0.3 is 41.9 Å². The van der Waals surface area contributed by atoms with Crippen molar-refractivity contribution in [3.05, 3.63) is 130 Å². The molecular formula is C32H26Br2Cl2SiZr-2. The molecule has 0 nitrogen and oxygen atoms in total. The normalized spacial score (nSPS) is 9.84. The third-order valence-electron chi connectivity index (χ3n) is 5.61. The summed E-state index contributed by atoms with van der Waals surface area (Å²) >= 11 is 8.90. The monoisotopic (exact) mass is 756 g/mol. The van der Waals surface area contributed by atoms with Crippen molar-refractivity contribution in [3.63, 3.8) is 0 Å². The van der Waals surface area contributed by atoms with Crippen molar-refractivity contribution >= 4 is 58.8 Å². The number of benzene rings is 4. The van der Waals surface area contributed by atoms with Crippen molar-refractivity contribution in [3.8, 4) is 22.3 Å². The second kappa shape index (κ2) is 16.1. The zero-order valence-electron chi connectivity index (χ0n) is 21.1. The van der Waals surface area contributed by atoms with Crippen LogP contribution in [0.1, 0.15) is 0 Å². The maximum Gasteiger partial charge on any atom is -1.00 e. The number of rotatable bonds is 2. The van der Waals surface area contributed by atoms with E-state index in [1.807, 2.05) is 12.1 Å². The molecule has 0 aliphatic carbocycles. The van der Waals surface area contributed by atoms with Gasteiger partial charge in [0.2, 0.25) is 0 Å². The molecule has 0 unspecified atom stereocenters. The largest absolute Gasteiger partial charge is 1.00 e. The Kier molecular flexibility index (Phi) is 14.0. The summed E-state index contributed by atoms with van der Waals surface area (Å²) in [6, 6.07) is 42.5. The molecule has 6 rings (SSSR count). The van der Waals surface area contributed by atoms with Crippen LogP contribution in [0.3, 0.4) is 0 Å². The van der Waals surface area contributed by atoms with Gasteiger partial charge in [0.25, 0.3) is 0 Å². The molecule has 0 saturated carbocycles. The van der Waals surface area contributed by atoms with Crippen LogP contribution in [-0.2, 0) is 23.3 Å². The molecular weight excluding hydrogens is 734 g/mol. The first-order chi connectivity index (χ1) is 17.4. The summed E-state index contributed by atoms with van der Waals surface area (Å²) in [4.78, 5) is 0. The molecule has 0 fully saturated rings. The topological polar surface area (TPSA) is 0 Å². The number of halogens is 4. The van der Waals surface area contributed by atoms with E-state index < -0.39 is 0 Å². The first-order valence-corrected chi connectivity index (χ1v) is 19.5. The van der Waals surface area contributed by atoms with Crippen LogP contribution < -0.4 is 24.8 Å². The van der Waals surface area contributed by atoms with E-state index >= 15 is 0 Å². The smallest absolute Gasteiger partial charge is 1.00 e. The Morgan fingerprint density at radius 3 is 1.21 bits per heavy atom.